The van der Waals surface area contributed by atoms with Crippen molar-refractivity contribution in [2.24, 2.45) is 0 Å². The zero-order valence-electron chi connectivity index (χ0n) is 11.5. The quantitative estimate of drug-likeness (QED) is 0.885. The van der Waals surface area contributed by atoms with Crippen molar-refractivity contribution >= 4 is 28.6 Å². The third-order valence-corrected chi connectivity index (χ3v) is 4.45. The number of nitrogens with one attached hydrogen (secondary N) is 1. The SMILES string of the molecule is CSC(CO)C(C)NC(=O)c1cccc2ncccc12. The van der Waals surface area contributed by atoms with Gasteiger partial charge in [-0.3, -0.25) is 9.78 Å². The summed E-state index contributed by atoms with van der Waals surface area (Å²) < 4.78 is 0. The number of aromatic nitrogens is 1. The van der Waals surface area contributed by atoms with Crippen LogP contribution in [0.25, 0.3) is 10.9 Å². The average Bonchev–Trinajstić information content (AvgIpc) is 2.47. The highest BCUT2D eigenvalue weighted by Gasteiger charge is 2.19. The van der Waals surface area contributed by atoms with Crippen LogP contribution in [0.15, 0.2) is 36.5 Å². The van der Waals surface area contributed by atoms with Gasteiger partial charge in [0.1, 0.15) is 0 Å². The number of aliphatic hydroxyl groups is 1. The second kappa shape index (κ2) is 6.72. The Morgan fingerprint density at radius 2 is 2.20 bits per heavy atom. The predicted molar refractivity (Wildman–Crippen MR) is 83.1 cm³/mol. The van der Waals surface area contributed by atoms with Gasteiger partial charge < -0.3 is 10.4 Å². The number of pyridine rings is 1. The topological polar surface area (TPSA) is 62.2 Å². The normalized spacial score (nSPS) is 13.9. The number of nitrogens with zero attached hydrogens (tertiary/aromatic N) is 1. The fourth-order valence-electron chi connectivity index (χ4n) is 2.12. The monoisotopic (exact) mass is 290 g/mol. The lowest BCUT2D eigenvalue weighted by Gasteiger charge is -2.21. The third-order valence-electron chi connectivity index (χ3n) is 3.29. The van der Waals surface area contributed by atoms with E-state index in [2.05, 4.69) is 10.3 Å². The van der Waals surface area contributed by atoms with E-state index in [9.17, 15) is 9.90 Å². The number of carbonyl (C=O) groups is 1. The molecule has 0 saturated heterocycles. The molecule has 1 aromatic heterocycles. The first-order valence-corrected chi connectivity index (χ1v) is 7.74. The van der Waals surface area contributed by atoms with E-state index in [0.29, 0.717) is 5.56 Å². The van der Waals surface area contributed by atoms with Gasteiger partial charge in [-0.25, -0.2) is 0 Å². The van der Waals surface area contributed by atoms with Crippen LogP contribution in [0.2, 0.25) is 0 Å². The molecule has 1 amide bonds. The van der Waals surface area contributed by atoms with Gasteiger partial charge in [0.15, 0.2) is 0 Å². The van der Waals surface area contributed by atoms with Crippen LogP contribution in [0.5, 0.6) is 0 Å². The Morgan fingerprint density at radius 1 is 1.40 bits per heavy atom. The smallest absolute Gasteiger partial charge is 0.252 e. The maximum atomic E-state index is 12.4. The standard InChI is InChI=1S/C15H18N2O2S/c1-10(14(9-18)20-2)17-15(19)12-5-3-7-13-11(12)6-4-8-16-13/h3-8,10,14,18H,9H2,1-2H3,(H,17,19). The van der Waals surface area contributed by atoms with Crippen LogP contribution in [0.4, 0.5) is 0 Å². The molecule has 106 valence electrons. The summed E-state index contributed by atoms with van der Waals surface area (Å²) in [6.07, 6.45) is 3.63. The van der Waals surface area contributed by atoms with E-state index >= 15 is 0 Å². The highest BCUT2D eigenvalue weighted by Crippen LogP contribution is 2.17. The summed E-state index contributed by atoms with van der Waals surface area (Å²) in [5, 5.41) is 13.0. The van der Waals surface area contributed by atoms with Gasteiger partial charge in [-0.2, -0.15) is 11.8 Å². The summed E-state index contributed by atoms with van der Waals surface area (Å²) in [7, 11) is 0. The number of rotatable bonds is 5. The molecule has 2 aromatic rings. The maximum absolute atomic E-state index is 12.4. The number of fused-ring (bicyclic) bond motifs is 1. The van der Waals surface area contributed by atoms with Crippen molar-refractivity contribution in [2.75, 3.05) is 12.9 Å². The first kappa shape index (κ1) is 14.8. The van der Waals surface area contributed by atoms with Crippen molar-refractivity contribution < 1.29 is 9.90 Å². The van der Waals surface area contributed by atoms with Crippen molar-refractivity contribution in [1.29, 1.82) is 0 Å². The summed E-state index contributed by atoms with van der Waals surface area (Å²) in [6.45, 7) is 1.94. The van der Waals surface area contributed by atoms with E-state index in [1.54, 1.807) is 24.0 Å². The van der Waals surface area contributed by atoms with E-state index in [-0.39, 0.29) is 23.8 Å². The predicted octanol–water partition coefficient (Wildman–Crippen LogP) is 2.08. The Kier molecular flexibility index (Phi) is 4.98. The first-order valence-electron chi connectivity index (χ1n) is 6.45. The van der Waals surface area contributed by atoms with Gasteiger partial charge in [-0.1, -0.05) is 12.1 Å². The molecule has 5 heteroatoms. The van der Waals surface area contributed by atoms with Crippen molar-refractivity contribution in [3.63, 3.8) is 0 Å². The highest BCUT2D eigenvalue weighted by atomic mass is 32.2. The molecular weight excluding hydrogens is 272 g/mol. The summed E-state index contributed by atoms with van der Waals surface area (Å²) in [5.41, 5.74) is 1.41. The summed E-state index contributed by atoms with van der Waals surface area (Å²) in [5.74, 6) is -0.136. The van der Waals surface area contributed by atoms with E-state index in [1.807, 2.05) is 37.4 Å². The molecule has 1 aromatic carbocycles. The highest BCUT2D eigenvalue weighted by molar-refractivity contribution is 7.99. The van der Waals surface area contributed by atoms with Crippen molar-refractivity contribution in [2.45, 2.75) is 18.2 Å². The van der Waals surface area contributed by atoms with Crippen molar-refractivity contribution in [1.82, 2.24) is 10.3 Å². The van der Waals surface area contributed by atoms with E-state index < -0.39 is 0 Å². The van der Waals surface area contributed by atoms with Gasteiger partial charge in [0, 0.05) is 28.4 Å². The Morgan fingerprint density at radius 3 is 2.90 bits per heavy atom. The molecule has 20 heavy (non-hydrogen) atoms. The molecule has 0 aliphatic carbocycles. The molecule has 1 heterocycles. The molecule has 0 aliphatic heterocycles. The largest absolute Gasteiger partial charge is 0.395 e. The lowest BCUT2D eigenvalue weighted by atomic mass is 10.1. The van der Waals surface area contributed by atoms with E-state index in [1.165, 1.54) is 0 Å². The van der Waals surface area contributed by atoms with Crippen molar-refractivity contribution in [3.8, 4) is 0 Å². The van der Waals surface area contributed by atoms with Gasteiger partial charge in [-0.05, 0) is 31.4 Å². The molecular formula is C15H18N2O2S. The number of carbonyl (C=O) groups excluding carboxylic acids is 1. The molecule has 2 unspecified atom stereocenters. The van der Waals surface area contributed by atoms with Crippen LogP contribution in [-0.2, 0) is 0 Å². The molecule has 0 saturated carbocycles. The van der Waals surface area contributed by atoms with Crippen LogP contribution in [0, 0.1) is 0 Å². The molecule has 2 atom stereocenters. The molecule has 2 N–H and O–H groups in total. The zero-order chi connectivity index (χ0) is 14.5. The summed E-state index contributed by atoms with van der Waals surface area (Å²) in [6, 6.07) is 9.11. The molecule has 0 aliphatic rings. The zero-order valence-corrected chi connectivity index (χ0v) is 12.4. The molecule has 0 radical (unpaired) electrons. The number of thioether (sulfide) groups is 1. The number of amides is 1. The second-order valence-electron chi connectivity index (χ2n) is 4.59. The minimum atomic E-state index is -0.136. The van der Waals surface area contributed by atoms with Gasteiger partial charge in [0.25, 0.3) is 5.91 Å². The summed E-state index contributed by atoms with van der Waals surface area (Å²) in [4.78, 5) is 16.6. The molecule has 0 bridgehead atoms. The third kappa shape index (κ3) is 3.11. The molecule has 4 nitrogen and oxygen atoms in total. The Hall–Kier alpha value is -1.59. The number of benzene rings is 1. The minimum Gasteiger partial charge on any atom is -0.395 e. The molecule has 0 fully saturated rings. The molecule has 0 spiro atoms. The number of hydrogen-bond acceptors (Lipinski definition) is 4. The van der Waals surface area contributed by atoms with Gasteiger partial charge >= 0.3 is 0 Å². The van der Waals surface area contributed by atoms with E-state index in [4.69, 9.17) is 0 Å². The lowest BCUT2D eigenvalue weighted by Crippen LogP contribution is -2.41. The van der Waals surface area contributed by atoms with E-state index in [0.717, 1.165) is 10.9 Å². The van der Waals surface area contributed by atoms with Crippen LogP contribution < -0.4 is 5.32 Å². The number of aliphatic hydroxyl groups excluding tert-OH is 1. The second-order valence-corrected chi connectivity index (χ2v) is 5.67. The summed E-state index contributed by atoms with van der Waals surface area (Å²) >= 11 is 1.54. The molecule has 2 rings (SSSR count). The van der Waals surface area contributed by atoms with Crippen molar-refractivity contribution in [3.05, 3.63) is 42.1 Å². The van der Waals surface area contributed by atoms with Gasteiger partial charge in [0.05, 0.1) is 12.1 Å². The van der Waals surface area contributed by atoms with Crippen LogP contribution in [-0.4, -0.2) is 40.2 Å². The fourth-order valence-corrected chi connectivity index (χ4v) is 2.74. The Bertz CT molecular complexity index is 594. The van der Waals surface area contributed by atoms with Gasteiger partial charge in [-0.15, -0.1) is 0 Å². The van der Waals surface area contributed by atoms with Crippen LogP contribution in [0.1, 0.15) is 17.3 Å². The average molecular weight is 290 g/mol. The number of hydrogen-bond donors (Lipinski definition) is 2. The first-order chi connectivity index (χ1) is 9.67. The Balaban J connectivity index is 2.24. The maximum Gasteiger partial charge on any atom is 0.252 e. The Labute approximate surface area is 122 Å². The van der Waals surface area contributed by atoms with Crippen LogP contribution in [0.3, 0.4) is 0 Å². The fraction of sp³-hybridized carbons (Fsp3) is 0.333. The minimum absolute atomic E-state index is 0.00736. The van der Waals surface area contributed by atoms with Gasteiger partial charge in [0.2, 0.25) is 0 Å². The van der Waals surface area contributed by atoms with Crippen LogP contribution >= 0.6 is 11.8 Å². The lowest BCUT2D eigenvalue weighted by molar-refractivity contribution is 0.0937.